The highest BCUT2D eigenvalue weighted by Gasteiger charge is 2.23. The highest BCUT2D eigenvalue weighted by atomic mass is 32.2. The normalized spacial score (nSPS) is 14.7. The minimum Gasteiger partial charge on any atom is -0.492 e. The molecule has 0 spiro atoms. The van der Waals surface area contributed by atoms with E-state index in [1.54, 1.807) is 24.5 Å². The summed E-state index contributed by atoms with van der Waals surface area (Å²) < 4.78 is 28.7. The zero-order valence-electron chi connectivity index (χ0n) is 22.4. The van der Waals surface area contributed by atoms with Gasteiger partial charge in [0.1, 0.15) is 23.9 Å². The van der Waals surface area contributed by atoms with Gasteiger partial charge in [0.05, 0.1) is 39.4 Å². The van der Waals surface area contributed by atoms with Crippen molar-refractivity contribution in [2.75, 3.05) is 6.61 Å². The molecule has 0 aliphatic heterocycles. The molecule has 7 heteroatoms. The second-order valence-corrected chi connectivity index (χ2v) is 11.6. The van der Waals surface area contributed by atoms with Crippen LogP contribution in [0.4, 0.5) is 0 Å². The van der Waals surface area contributed by atoms with E-state index in [4.69, 9.17) is 14.5 Å². The third-order valence-corrected chi connectivity index (χ3v) is 8.75. The summed E-state index contributed by atoms with van der Waals surface area (Å²) in [6.45, 7) is 1.10. The van der Waals surface area contributed by atoms with Crippen LogP contribution in [0.5, 0.6) is 11.5 Å². The number of fused-ring (bicyclic) bond motifs is 1. The van der Waals surface area contributed by atoms with Gasteiger partial charge in [0.25, 0.3) is 0 Å². The Labute approximate surface area is 237 Å². The first-order valence-electron chi connectivity index (χ1n) is 14.0. The summed E-state index contributed by atoms with van der Waals surface area (Å²) >= 11 is 0. The van der Waals surface area contributed by atoms with Crippen molar-refractivity contribution in [2.45, 2.75) is 61.0 Å². The molecular weight excluding hydrogens is 518 g/mol. The van der Waals surface area contributed by atoms with E-state index in [1.165, 1.54) is 12.0 Å². The molecule has 1 aliphatic rings. The van der Waals surface area contributed by atoms with Gasteiger partial charge in [-0.3, -0.25) is 4.98 Å². The van der Waals surface area contributed by atoms with Crippen molar-refractivity contribution in [1.29, 1.82) is 0 Å². The molecule has 0 radical (unpaired) electrons. The van der Waals surface area contributed by atoms with Crippen LogP contribution in [0.3, 0.4) is 0 Å². The van der Waals surface area contributed by atoms with E-state index in [0.29, 0.717) is 35.1 Å². The molecule has 1 atom stereocenters. The lowest BCUT2D eigenvalue weighted by atomic mass is 9.98. The van der Waals surface area contributed by atoms with Crippen molar-refractivity contribution < 1.29 is 13.7 Å². The molecule has 0 saturated heterocycles. The molecule has 3 aromatic carbocycles. The van der Waals surface area contributed by atoms with Gasteiger partial charge >= 0.3 is 0 Å². The average molecular weight is 552 g/mol. The highest BCUT2D eigenvalue weighted by Crippen LogP contribution is 2.34. The fourth-order valence-corrected chi connectivity index (χ4v) is 6.44. The molecule has 40 heavy (non-hydrogen) atoms. The van der Waals surface area contributed by atoms with Crippen LogP contribution in [-0.4, -0.2) is 31.5 Å². The minimum absolute atomic E-state index is 0.129. The average Bonchev–Trinajstić information content (AvgIpc) is 3.34. The number of imidazole rings is 1. The zero-order chi connectivity index (χ0) is 27.1. The van der Waals surface area contributed by atoms with Crippen LogP contribution in [0, 0.1) is 0 Å². The van der Waals surface area contributed by atoms with E-state index in [0.717, 1.165) is 48.3 Å². The van der Waals surface area contributed by atoms with E-state index in [-0.39, 0.29) is 6.10 Å². The smallest absolute Gasteiger partial charge is 0.138 e. The molecule has 1 saturated carbocycles. The van der Waals surface area contributed by atoms with Crippen LogP contribution in [-0.2, 0) is 23.8 Å². The first-order valence-corrected chi connectivity index (χ1v) is 15.1. The van der Waals surface area contributed by atoms with Crippen LogP contribution in [0.25, 0.3) is 11.0 Å². The standard InChI is InChI=1S/C33H33N3O3S/c37-40(28-16-18-34-19-17-28)32-24-30-29(23-31(32)39-27-14-8-3-9-15-27)35-33(22-25-10-4-1-5-11-25)36(30)20-21-38-26-12-6-2-7-13-26/h1-2,4-7,10-13,16-19,23-24,27H,3,8-9,14-15,20-22H2. The summed E-state index contributed by atoms with van der Waals surface area (Å²) in [4.78, 5) is 10.6. The first kappa shape index (κ1) is 26.3. The Balaban J connectivity index is 1.41. The van der Waals surface area contributed by atoms with Gasteiger partial charge in [0.2, 0.25) is 0 Å². The quantitative estimate of drug-likeness (QED) is 0.187. The van der Waals surface area contributed by atoms with Crippen LogP contribution in [0.15, 0.2) is 107 Å². The van der Waals surface area contributed by atoms with E-state index in [9.17, 15) is 4.21 Å². The number of hydrogen-bond acceptors (Lipinski definition) is 5. The number of nitrogens with zero attached hydrogens (tertiary/aromatic N) is 3. The zero-order valence-corrected chi connectivity index (χ0v) is 23.3. The molecule has 1 unspecified atom stereocenters. The maximum Gasteiger partial charge on any atom is 0.138 e. The fourth-order valence-electron chi connectivity index (χ4n) is 5.31. The second kappa shape index (κ2) is 12.5. The number of benzene rings is 3. The summed E-state index contributed by atoms with van der Waals surface area (Å²) in [7, 11) is -1.43. The molecule has 6 nitrogen and oxygen atoms in total. The molecule has 6 rings (SSSR count). The lowest BCUT2D eigenvalue weighted by Gasteiger charge is -2.24. The van der Waals surface area contributed by atoms with Gasteiger partial charge in [-0.1, -0.05) is 55.0 Å². The number of aromatic nitrogens is 3. The predicted octanol–water partition coefficient (Wildman–Crippen LogP) is 6.98. The van der Waals surface area contributed by atoms with E-state index >= 15 is 0 Å². The lowest BCUT2D eigenvalue weighted by molar-refractivity contribution is 0.151. The molecule has 0 amide bonds. The summed E-state index contributed by atoms with van der Waals surface area (Å²) in [5, 5.41) is 0. The minimum atomic E-state index is -1.43. The van der Waals surface area contributed by atoms with Crippen LogP contribution in [0.2, 0.25) is 0 Å². The van der Waals surface area contributed by atoms with Crippen LogP contribution >= 0.6 is 0 Å². The number of para-hydroxylation sites is 1. The van der Waals surface area contributed by atoms with Gasteiger partial charge < -0.3 is 14.0 Å². The second-order valence-electron chi connectivity index (χ2n) is 10.1. The maximum atomic E-state index is 13.9. The van der Waals surface area contributed by atoms with Crippen molar-refractivity contribution in [1.82, 2.24) is 14.5 Å². The highest BCUT2D eigenvalue weighted by molar-refractivity contribution is 7.85. The Kier molecular flexibility index (Phi) is 8.19. The molecule has 2 aromatic heterocycles. The van der Waals surface area contributed by atoms with Gasteiger partial charge in [-0.05, 0) is 61.6 Å². The van der Waals surface area contributed by atoms with Gasteiger partial charge in [-0.15, -0.1) is 0 Å². The van der Waals surface area contributed by atoms with Crippen molar-refractivity contribution in [3.63, 3.8) is 0 Å². The molecule has 1 fully saturated rings. The van der Waals surface area contributed by atoms with Gasteiger partial charge in [0.15, 0.2) is 0 Å². The molecule has 2 heterocycles. The fraction of sp³-hybridized carbons (Fsp3) is 0.273. The van der Waals surface area contributed by atoms with Crippen LogP contribution in [0.1, 0.15) is 43.5 Å². The third kappa shape index (κ3) is 6.10. The monoisotopic (exact) mass is 551 g/mol. The summed E-state index contributed by atoms with van der Waals surface area (Å²) in [5.74, 6) is 2.43. The largest absolute Gasteiger partial charge is 0.492 e. The Morgan fingerprint density at radius 3 is 2.35 bits per heavy atom. The van der Waals surface area contributed by atoms with Crippen LogP contribution < -0.4 is 9.47 Å². The molecule has 5 aromatic rings. The van der Waals surface area contributed by atoms with Gasteiger partial charge in [-0.2, -0.15) is 0 Å². The molecule has 0 bridgehead atoms. The Bertz CT molecular complexity index is 1570. The van der Waals surface area contributed by atoms with Crippen molar-refractivity contribution in [2.24, 2.45) is 0 Å². The number of ether oxygens (including phenoxy) is 2. The van der Waals surface area contributed by atoms with Gasteiger partial charge in [-0.25, -0.2) is 9.19 Å². The number of pyridine rings is 1. The Morgan fingerprint density at radius 1 is 0.875 bits per heavy atom. The summed E-state index contributed by atoms with van der Waals surface area (Å²) in [6.07, 6.45) is 9.76. The van der Waals surface area contributed by atoms with E-state index in [1.807, 2.05) is 60.7 Å². The van der Waals surface area contributed by atoms with Crippen molar-refractivity contribution in [3.05, 3.63) is 109 Å². The molecule has 1 aliphatic carbocycles. The SMILES string of the molecule is O=S(c1ccncc1)c1cc2c(cc1OC1CCCCC1)nc(Cc1ccccc1)n2CCOc1ccccc1. The molecule has 204 valence electrons. The Hall–Kier alpha value is -3.97. The van der Waals surface area contributed by atoms with Gasteiger partial charge in [0, 0.05) is 29.8 Å². The van der Waals surface area contributed by atoms with E-state index < -0.39 is 10.8 Å². The first-order chi connectivity index (χ1) is 19.7. The van der Waals surface area contributed by atoms with Crippen molar-refractivity contribution in [3.8, 4) is 11.5 Å². The number of rotatable bonds is 10. The number of hydrogen-bond donors (Lipinski definition) is 0. The lowest BCUT2D eigenvalue weighted by Crippen LogP contribution is -2.20. The predicted molar refractivity (Wildman–Crippen MR) is 157 cm³/mol. The molecule has 0 N–H and O–H groups in total. The van der Waals surface area contributed by atoms with E-state index in [2.05, 4.69) is 21.7 Å². The maximum absolute atomic E-state index is 13.9. The third-order valence-electron chi connectivity index (χ3n) is 7.33. The summed E-state index contributed by atoms with van der Waals surface area (Å²) in [5.41, 5.74) is 2.95. The Morgan fingerprint density at radius 2 is 1.60 bits per heavy atom. The van der Waals surface area contributed by atoms with Crippen molar-refractivity contribution >= 4 is 21.8 Å². The molecular formula is C33H33N3O3S. The summed E-state index contributed by atoms with van der Waals surface area (Å²) in [6, 6.07) is 27.8. The topological polar surface area (TPSA) is 66.2 Å².